The molecule has 25 heavy (non-hydrogen) atoms. The summed E-state index contributed by atoms with van der Waals surface area (Å²) in [5.74, 6) is 0.670. The van der Waals surface area contributed by atoms with Gasteiger partial charge in [0.1, 0.15) is 6.54 Å². The van der Waals surface area contributed by atoms with Crippen molar-refractivity contribution in [2.24, 2.45) is 0 Å². The summed E-state index contributed by atoms with van der Waals surface area (Å²) in [6, 6.07) is 11.6. The summed E-state index contributed by atoms with van der Waals surface area (Å²) in [6.07, 6.45) is 1.06. The first-order valence-electron chi connectivity index (χ1n) is 7.26. The van der Waals surface area contributed by atoms with Crippen molar-refractivity contribution in [1.29, 1.82) is 0 Å². The Hall–Kier alpha value is -2.26. The molecule has 1 N–H and O–H groups in total. The van der Waals surface area contributed by atoms with Crippen LogP contribution in [0.3, 0.4) is 0 Å². The van der Waals surface area contributed by atoms with Gasteiger partial charge in [-0.05, 0) is 36.4 Å². The number of nitrogens with one attached hydrogen (secondary N) is 1. The number of hydrogen-bond acceptors (Lipinski definition) is 5. The van der Waals surface area contributed by atoms with Crippen molar-refractivity contribution in [3.8, 4) is 11.5 Å². The molecule has 0 saturated heterocycles. The molecule has 0 aliphatic carbocycles. The third-order valence-corrected chi connectivity index (χ3v) is 5.13. The molecule has 0 radical (unpaired) electrons. The fourth-order valence-electron chi connectivity index (χ4n) is 2.31. The molecule has 0 bridgehead atoms. The van der Waals surface area contributed by atoms with Gasteiger partial charge in [0.15, 0.2) is 11.5 Å². The Kier molecular flexibility index (Phi) is 4.87. The molecule has 1 aliphatic heterocycles. The van der Waals surface area contributed by atoms with Crippen molar-refractivity contribution in [3.05, 3.63) is 46.9 Å². The molecule has 0 atom stereocenters. The number of anilines is 2. The number of sulfonamides is 1. The molecule has 0 spiro atoms. The number of hydrogen-bond donors (Lipinski definition) is 1. The van der Waals surface area contributed by atoms with E-state index in [1.165, 1.54) is 0 Å². The Balaban J connectivity index is 1.75. The fraction of sp³-hybridized carbons (Fsp3) is 0.188. The largest absolute Gasteiger partial charge is 0.454 e. The van der Waals surface area contributed by atoms with Gasteiger partial charge in [0, 0.05) is 16.2 Å². The molecule has 2 aromatic carbocycles. The van der Waals surface area contributed by atoms with Crippen LogP contribution in [0.15, 0.2) is 46.9 Å². The quantitative estimate of drug-likeness (QED) is 0.793. The van der Waals surface area contributed by atoms with E-state index < -0.39 is 15.9 Å². The molecule has 1 amide bonds. The monoisotopic (exact) mass is 426 g/mol. The maximum Gasteiger partial charge on any atom is 0.245 e. The molecule has 132 valence electrons. The van der Waals surface area contributed by atoms with Crippen molar-refractivity contribution in [3.63, 3.8) is 0 Å². The lowest BCUT2D eigenvalue weighted by molar-refractivity contribution is -0.114. The predicted molar refractivity (Wildman–Crippen MR) is 97.5 cm³/mol. The molecule has 1 aliphatic rings. The second-order valence-electron chi connectivity index (χ2n) is 5.36. The maximum absolute atomic E-state index is 12.3. The zero-order valence-electron chi connectivity index (χ0n) is 13.2. The summed E-state index contributed by atoms with van der Waals surface area (Å²) in [5.41, 5.74) is 0.907. The Morgan fingerprint density at radius 3 is 2.52 bits per heavy atom. The standard InChI is InChI=1S/C16H15BrN2O5S/c1-25(21,22)19(13-5-2-11(17)3-6-13)9-16(20)18-12-4-7-14-15(8-12)24-10-23-14/h2-8H,9-10H2,1H3,(H,18,20). The zero-order valence-corrected chi connectivity index (χ0v) is 15.6. The van der Waals surface area contributed by atoms with Crippen LogP contribution in [0.4, 0.5) is 11.4 Å². The van der Waals surface area contributed by atoms with E-state index in [1.54, 1.807) is 42.5 Å². The van der Waals surface area contributed by atoms with Gasteiger partial charge in [-0.3, -0.25) is 9.10 Å². The average molecular weight is 427 g/mol. The minimum atomic E-state index is -3.62. The van der Waals surface area contributed by atoms with Crippen molar-refractivity contribution in [2.45, 2.75) is 0 Å². The number of fused-ring (bicyclic) bond motifs is 1. The highest BCUT2D eigenvalue weighted by atomic mass is 79.9. The molecule has 7 nitrogen and oxygen atoms in total. The SMILES string of the molecule is CS(=O)(=O)N(CC(=O)Nc1ccc2c(c1)OCO2)c1ccc(Br)cc1. The molecule has 2 aromatic rings. The van der Waals surface area contributed by atoms with E-state index in [2.05, 4.69) is 21.2 Å². The van der Waals surface area contributed by atoms with E-state index in [4.69, 9.17) is 9.47 Å². The smallest absolute Gasteiger partial charge is 0.245 e. The van der Waals surface area contributed by atoms with E-state index in [-0.39, 0.29) is 13.3 Å². The molecule has 0 unspecified atom stereocenters. The molecular formula is C16H15BrN2O5S. The van der Waals surface area contributed by atoms with Gasteiger partial charge in [-0.2, -0.15) is 0 Å². The Morgan fingerprint density at radius 1 is 1.16 bits per heavy atom. The lowest BCUT2D eigenvalue weighted by Crippen LogP contribution is -2.37. The van der Waals surface area contributed by atoms with Crippen LogP contribution >= 0.6 is 15.9 Å². The van der Waals surface area contributed by atoms with E-state index in [0.29, 0.717) is 22.9 Å². The van der Waals surface area contributed by atoms with Crippen LogP contribution in [0.5, 0.6) is 11.5 Å². The van der Waals surface area contributed by atoms with E-state index in [1.807, 2.05) is 0 Å². The molecule has 0 fully saturated rings. The van der Waals surface area contributed by atoms with Gasteiger partial charge in [-0.25, -0.2) is 8.42 Å². The number of rotatable bonds is 5. The van der Waals surface area contributed by atoms with Crippen LogP contribution in [0.2, 0.25) is 0 Å². The lowest BCUT2D eigenvalue weighted by atomic mass is 10.2. The van der Waals surface area contributed by atoms with Gasteiger partial charge < -0.3 is 14.8 Å². The van der Waals surface area contributed by atoms with Crippen LogP contribution < -0.4 is 19.1 Å². The summed E-state index contributed by atoms with van der Waals surface area (Å²) in [4.78, 5) is 12.3. The lowest BCUT2D eigenvalue weighted by Gasteiger charge is -2.22. The van der Waals surface area contributed by atoms with E-state index >= 15 is 0 Å². The molecule has 0 aromatic heterocycles. The van der Waals surface area contributed by atoms with Gasteiger partial charge in [0.25, 0.3) is 0 Å². The minimum Gasteiger partial charge on any atom is -0.454 e. The summed E-state index contributed by atoms with van der Waals surface area (Å²) in [5, 5.41) is 2.67. The normalized spacial score (nSPS) is 12.7. The van der Waals surface area contributed by atoms with Crippen molar-refractivity contribution in [2.75, 3.05) is 29.2 Å². The Labute approximate surface area is 153 Å². The van der Waals surface area contributed by atoms with Gasteiger partial charge in [-0.1, -0.05) is 15.9 Å². The van der Waals surface area contributed by atoms with Crippen LogP contribution in [-0.4, -0.2) is 33.9 Å². The summed E-state index contributed by atoms with van der Waals surface area (Å²) < 4.78 is 36.4. The van der Waals surface area contributed by atoms with Gasteiger partial charge in [0.05, 0.1) is 11.9 Å². The van der Waals surface area contributed by atoms with Gasteiger partial charge in [0.2, 0.25) is 22.7 Å². The minimum absolute atomic E-state index is 0.137. The first-order chi connectivity index (χ1) is 11.8. The summed E-state index contributed by atoms with van der Waals surface area (Å²) >= 11 is 3.30. The third-order valence-electron chi connectivity index (χ3n) is 3.46. The maximum atomic E-state index is 12.3. The summed E-state index contributed by atoms with van der Waals surface area (Å²) in [6.45, 7) is -0.201. The molecule has 3 rings (SSSR count). The van der Waals surface area contributed by atoms with Crippen LogP contribution in [0.1, 0.15) is 0 Å². The third kappa shape index (κ3) is 4.23. The fourth-order valence-corrected chi connectivity index (χ4v) is 3.43. The van der Waals surface area contributed by atoms with Gasteiger partial charge in [-0.15, -0.1) is 0 Å². The highest BCUT2D eigenvalue weighted by Gasteiger charge is 2.21. The molecule has 0 saturated carbocycles. The number of nitrogens with zero attached hydrogens (tertiary/aromatic N) is 1. The Morgan fingerprint density at radius 2 is 1.84 bits per heavy atom. The highest BCUT2D eigenvalue weighted by Crippen LogP contribution is 2.34. The van der Waals surface area contributed by atoms with E-state index in [9.17, 15) is 13.2 Å². The number of benzene rings is 2. The molecule has 9 heteroatoms. The second-order valence-corrected chi connectivity index (χ2v) is 8.18. The van der Waals surface area contributed by atoms with Crippen LogP contribution in [0, 0.1) is 0 Å². The molecular weight excluding hydrogens is 412 g/mol. The van der Waals surface area contributed by atoms with Crippen LogP contribution in [-0.2, 0) is 14.8 Å². The topological polar surface area (TPSA) is 84.9 Å². The number of halogens is 1. The van der Waals surface area contributed by atoms with Gasteiger partial charge >= 0.3 is 0 Å². The first kappa shape index (κ1) is 17.6. The van der Waals surface area contributed by atoms with E-state index in [0.717, 1.165) is 15.0 Å². The first-order valence-corrected chi connectivity index (χ1v) is 9.90. The molecule has 1 heterocycles. The Bertz CT molecular complexity index is 899. The zero-order chi connectivity index (χ0) is 18.0. The highest BCUT2D eigenvalue weighted by molar-refractivity contribution is 9.10. The number of carbonyl (C=O) groups is 1. The van der Waals surface area contributed by atoms with Crippen molar-refractivity contribution in [1.82, 2.24) is 0 Å². The van der Waals surface area contributed by atoms with Crippen LogP contribution in [0.25, 0.3) is 0 Å². The summed E-state index contributed by atoms with van der Waals surface area (Å²) in [7, 11) is -3.62. The van der Waals surface area contributed by atoms with Crippen molar-refractivity contribution >= 4 is 43.2 Å². The number of ether oxygens (including phenoxy) is 2. The second kappa shape index (κ2) is 6.93. The number of amides is 1. The van der Waals surface area contributed by atoms with Crippen molar-refractivity contribution < 1.29 is 22.7 Å². The predicted octanol–water partition coefficient (Wildman–Crippen LogP) is 2.58. The average Bonchev–Trinajstić information content (AvgIpc) is 3.00. The number of carbonyl (C=O) groups excluding carboxylic acids is 1.